The Bertz CT molecular complexity index is 934. The maximum absolute atomic E-state index is 12.6. The lowest BCUT2D eigenvalue weighted by Gasteiger charge is -2.18. The third kappa shape index (κ3) is 7.22. The van der Waals surface area contributed by atoms with Crippen LogP contribution in [-0.4, -0.2) is 47.8 Å². The monoisotopic (exact) mass is 491 g/mol. The number of benzene rings is 2. The molecule has 182 valence electrons. The Kier molecular flexibility index (Phi) is 9.90. The molecule has 2 aromatic carbocycles. The van der Waals surface area contributed by atoms with Crippen molar-refractivity contribution >= 4 is 35.6 Å². The fourth-order valence-corrected chi connectivity index (χ4v) is 3.72. The summed E-state index contributed by atoms with van der Waals surface area (Å²) in [5, 5.41) is 30.2. The van der Waals surface area contributed by atoms with E-state index in [1.54, 1.807) is 24.3 Å². The number of amides is 2. The van der Waals surface area contributed by atoms with Crippen molar-refractivity contribution in [3.63, 3.8) is 0 Å². The van der Waals surface area contributed by atoms with Gasteiger partial charge in [-0.1, -0.05) is 24.3 Å². The number of carbonyl (C=O) groups excluding carboxylic acids is 2. The summed E-state index contributed by atoms with van der Waals surface area (Å²) in [7, 11) is 0. The number of non-ortho nitro benzene ring substituents is 2. The van der Waals surface area contributed by atoms with E-state index in [-0.39, 0.29) is 35.6 Å². The molecule has 2 aromatic rings. The van der Waals surface area contributed by atoms with Crippen LogP contribution < -0.4 is 16.0 Å². The van der Waals surface area contributed by atoms with Crippen LogP contribution >= 0.6 is 12.4 Å². The van der Waals surface area contributed by atoms with Gasteiger partial charge in [0.15, 0.2) is 0 Å². The highest BCUT2D eigenvalue weighted by Gasteiger charge is 2.37. The molecular formula is C22H26ClN5O6. The van der Waals surface area contributed by atoms with Crippen LogP contribution in [0, 0.1) is 32.1 Å². The Morgan fingerprint density at radius 1 is 0.765 bits per heavy atom. The molecule has 1 heterocycles. The zero-order valence-electron chi connectivity index (χ0n) is 18.3. The minimum Gasteiger partial charge on any atom is -0.355 e. The normalized spacial score (nSPS) is 16.8. The summed E-state index contributed by atoms with van der Waals surface area (Å²) in [6.45, 7) is 1.54. The van der Waals surface area contributed by atoms with Gasteiger partial charge in [0.05, 0.1) is 21.7 Å². The van der Waals surface area contributed by atoms with Crippen LogP contribution in [0.3, 0.4) is 0 Å². The zero-order chi connectivity index (χ0) is 23.8. The molecule has 12 heteroatoms. The molecule has 0 aliphatic carbocycles. The second-order valence-corrected chi connectivity index (χ2v) is 7.80. The average molecular weight is 492 g/mol. The minimum absolute atomic E-state index is 0. The van der Waals surface area contributed by atoms with E-state index in [0.29, 0.717) is 39.0 Å². The van der Waals surface area contributed by atoms with E-state index in [9.17, 15) is 29.8 Å². The van der Waals surface area contributed by atoms with Crippen LogP contribution in [0.5, 0.6) is 0 Å². The van der Waals surface area contributed by atoms with Gasteiger partial charge in [0.1, 0.15) is 0 Å². The molecule has 1 aliphatic heterocycles. The van der Waals surface area contributed by atoms with E-state index in [1.807, 2.05) is 0 Å². The van der Waals surface area contributed by atoms with E-state index in [2.05, 4.69) is 16.0 Å². The number of hydrogen-bond acceptors (Lipinski definition) is 7. The number of nitro benzene ring substituents is 2. The smallest absolute Gasteiger partial charge is 0.269 e. The molecule has 3 N–H and O–H groups in total. The van der Waals surface area contributed by atoms with Gasteiger partial charge >= 0.3 is 0 Å². The molecular weight excluding hydrogens is 466 g/mol. The van der Waals surface area contributed by atoms with E-state index >= 15 is 0 Å². The topological polar surface area (TPSA) is 157 Å². The van der Waals surface area contributed by atoms with Crippen LogP contribution in [0.4, 0.5) is 11.4 Å². The average Bonchev–Trinajstić information content (AvgIpc) is 3.30. The lowest BCUT2D eigenvalue weighted by molar-refractivity contribution is -0.385. The first-order chi connectivity index (χ1) is 15.8. The van der Waals surface area contributed by atoms with Gasteiger partial charge in [-0.25, -0.2) is 0 Å². The summed E-state index contributed by atoms with van der Waals surface area (Å²) >= 11 is 0. The second-order valence-electron chi connectivity index (χ2n) is 7.80. The van der Waals surface area contributed by atoms with E-state index in [0.717, 1.165) is 11.1 Å². The van der Waals surface area contributed by atoms with E-state index < -0.39 is 21.7 Å². The highest BCUT2D eigenvalue weighted by molar-refractivity contribution is 5.88. The molecule has 11 nitrogen and oxygen atoms in total. The SMILES string of the molecule is Cl.O=C(NCCc1ccc([N+](=O)[O-])cc1)[C@@H]1CNC[C@H]1C(=O)NCCc1ccc([N+](=O)[O-])cc1. The zero-order valence-corrected chi connectivity index (χ0v) is 19.1. The van der Waals surface area contributed by atoms with Crippen LogP contribution in [-0.2, 0) is 22.4 Å². The van der Waals surface area contributed by atoms with Gasteiger partial charge in [-0.05, 0) is 24.0 Å². The molecule has 2 amide bonds. The Balaban J connectivity index is 0.00000408. The summed E-state index contributed by atoms with van der Waals surface area (Å²) < 4.78 is 0. The molecule has 1 saturated heterocycles. The van der Waals surface area contributed by atoms with Crippen molar-refractivity contribution in [2.24, 2.45) is 11.8 Å². The Morgan fingerprint density at radius 3 is 1.44 bits per heavy atom. The quantitative estimate of drug-likeness (QED) is 0.337. The number of carbonyl (C=O) groups is 2. The van der Waals surface area contributed by atoms with Gasteiger partial charge in [-0.3, -0.25) is 29.8 Å². The van der Waals surface area contributed by atoms with Crippen molar-refractivity contribution in [1.29, 1.82) is 0 Å². The van der Waals surface area contributed by atoms with E-state index in [4.69, 9.17) is 0 Å². The van der Waals surface area contributed by atoms with Gasteiger partial charge in [0, 0.05) is 50.4 Å². The third-order valence-electron chi connectivity index (χ3n) is 5.61. The molecule has 0 radical (unpaired) electrons. The maximum Gasteiger partial charge on any atom is 0.269 e. The highest BCUT2D eigenvalue weighted by atomic mass is 35.5. The van der Waals surface area contributed by atoms with Gasteiger partial charge < -0.3 is 16.0 Å². The van der Waals surface area contributed by atoms with Crippen LogP contribution in [0.25, 0.3) is 0 Å². The first-order valence-electron chi connectivity index (χ1n) is 10.6. The molecule has 3 rings (SSSR count). The largest absolute Gasteiger partial charge is 0.355 e. The molecule has 0 spiro atoms. The standard InChI is InChI=1S/C22H25N5O6.ClH/c28-21(24-11-9-15-1-5-17(6-2-15)26(30)31)19-13-23-14-20(19)22(29)25-12-10-16-3-7-18(8-4-16)27(32)33;/h1-8,19-20,23H,9-14H2,(H,24,28)(H,25,29);1H/t19-,20-;/m1./s1. The first kappa shape index (κ1) is 26.7. The van der Waals surface area contributed by atoms with Gasteiger partial charge in [-0.2, -0.15) is 0 Å². The number of hydrogen-bond donors (Lipinski definition) is 3. The Labute approximate surface area is 202 Å². The molecule has 0 bridgehead atoms. The number of nitrogens with zero attached hydrogens (tertiary/aromatic N) is 2. The van der Waals surface area contributed by atoms with Gasteiger partial charge in [0.2, 0.25) is 11.8 Å². The minimum atomic E-state index is -0.485. The lowest BCUT2D eigenvalue weighted by atomic mass is 9.94. The van der Waals surface area contributed by atoms with Crippen LogP contribution in [0.1, 0.15) is 11.1 Å². The number of rotatable bonds is 10. The highest BCUT2D eigenvalue weighted by Crippen LogP contribution is 2.18. The summed E-state index contributed by atoms with van der Waals surface area (Å²) in [4.78, 5) is 45.7. The van der Waals surface area contributed by atoms with Crippen molar-refractivity contribution in [2.45, 2.75) is 12.8 Å². The first-order valence-corrected chi connectivity index (χ1v) is 10.6. The van der Waals surface area contributed by atoms with Crippen molar-refractivity contribution in [1.82, 2.24) is 16.0 Å². The van der Waals surface area contributed by atoms with Crippen molar-refractivity contribution in [3.05, 3.63) is 79.9 Å². The van der Waals surface area contributed by atoms with Gasteiger partial charge in [0.25, 0.3) is 11.4 Å². The molecule has 0 saturated carbocycles. The van der Waals surface area contributed by atoms with E-state index in [1.165, 1.54) is 24.3 Å². The van der Waals surface area contributed by atoms with Crippen LogP contribution in [0.2, 0.25) is 0 Å². The summed E-state index contributed by atoms with van der Waals surface area (Å²) in [6, 6.07) is 12.3. The fraction of sp³-hybridized carbons (Fsp3) is 0.364. The van der Waals surface area contributed by atoms with Crippen LogP contribution in [0.15, 0.2) is 48.5 Å². The summed E-state index contributed by atoms with van der Waals surface area (Å²) in [6.07, 6.45) is 1.05. The fourth-order valence-electron chi connectivity index (χ4n) is 3.72. The number of halogens is 1. The molecule has 2 atom stereocenters. The number of nitrogens with one attached hydrogen (secondary N) is 3. The molecule has 0 unspecified atom stereocenters. The number of nitro groups is 2. The molecule has 1 fully saturated rings. The van der Waals surface area contributed by atoms with Gasteiger partial charge in [-0.15, -0.1) is 12.4 Å². The molecule has 1 aliphatic rings. The maximum atomic E-state index is 12.6. The lowest BCUT2D eigenvalue weighted by Crippen LogP contribution is -2.42. The Morgan fingerprint density at radius 2 is 1.12 bits per heavy atom. The Hall–Kier alpha value is -3.57. The summed E-state index contributed by atoms with van der Waals surface area (Å²) in [5.74, 6) is -1.39. The predicted molar refractivity (Wildman–Crippen MR) is 127 cm³/mol. The molecule has 0 aromatic heterocycles. The second kappa shape index (κ2) is 12.6. The summed E-state index contributed by atoms with van der Waals surface area (Å²) in [5.41, 5.74) is 1.77. The van der Waals surface area contributed by atoms with Crippen molar-refractivity contribution in [3.8, 4) is 0 Å². The van der Waals surface area contributed by atoms with Crippen molar-refractivity contribution < 1.29 is 19.4 Å². The third-order valence-corrected chi connectivity index (χ3v) is 5.61. The van der Waals surface area contributed by atoms with Crippen molar-refractivity contribution in [2.75, 3.05) is 26.2 Å². The predicted octanol–water partition coefficient (Wildman–Crippen LogP) is 1.78. The molecule has 34 heavy (non-hydrogen) atoms.